The molecule has 0 aliphatic rings. The van der Waals surface area contributed by atoms with Crippen LogP contribution in [0.1, 0.15) is 47.5 Å². The molecule has 1 unspecified atom stereocenters. The van der Waals surface area contributed by atoms with Crippen molar-refractivity contribution in [2.24, 2.45) is 17.1 Å². The minimum atomic E-state index is -0.684. The highest BCUT2D eigenvalue weighted by atomic mass is 16.5. The fourth-order valence-corrected chi connectivity index (χ4v) is 1.06. The minimum absolute atomic E-state index is 0.257. The fraction of sp³-hybridized carbons (Fsp3) is 0.917. The van der Waals surface area contributed by atoms with Gasteiger partial charge in [-0.05, 0) is 25.7 Å². The molecule has 0 amide bonds. The van der Waals surface area contributed by atoms with Crippen LogP contribution in [0, 0.1) is 11.3 Å². The molecule has 0 heterocycles. The molecule has 0 bridgehead atoms. The zero-order valence-electron chi connectivity index (χ0n) is 11.2. The summed E-state index contributed by atoms with van der Waals surface area (Å²) in [6.07, 6.45) is 1.78. The molecule has 0 spiro atoms. The lowest BCUT2D eigenvalue weighted by Crippen LogP contribution is -2.43. The number of hydrogen-bond acceptors (Lipinski definition) is 3. The van der Waals surface area contributed by atoms with Crippen LogP contribution in [0.5, 0.6) is 0 Å². The first-order valence-corrected chi connectivity index (χ1v) is 5.79. The van der Waals surface area contributed by atoms with Crippen LogP contribution in [0.25, 0.3) is 0 Å². The lowest BCUT2D eigenvalue weighted by atomic mass is 9.78. The van der Waals surface area contributed by atoms with Gasteiger partial charge in [0.05, 0.1) is 12.3 Å². The summed E-state index contributed by atoms with van der Waals surface area (Å²) in [6, 6.07) is 0. The number of carbonyl (C=O) groups excluding carboxylic acids is 1. The monoisotopic (exact) mass is 225 g/mol. The van der Waals surface area contributed by atoms with Crippen LogP contribution in [0.15, 0.2) is 0 Å². The Bertz CT molecular complexity index is 237. The SMILES string of the molecule is [B]C(=O)C(C)(C)COC(C)(N)CCC(C)C. The van der Waals surface area contributed by atoms with Gasteiger partial charge >= 0.3 is 0 Å². The highest BCUT2D eigenvalue weighted by Gasteiger charge is 2.28. The molecule has 0 aromatic carbocycles. The molecule has 2 N–H and O–H groups in total. The van der Waals surface area contributed by atoms with E-state index in [0.29, 0.717) is 5.92 Å². The van der Waals surface area contributed by atoms with E-state index in [1.165, 1.54) is 0 Å². The van der Waals surface area contributed by atoms with E-state index in [4.69, 9.17) is 18.3 Å². The average Bonchev–Trinajstić information content (AvgIpc) is 2.12. The van der Waals surface area contributed by atoms with Crippen molar-refractivity contribution < 1.29 is 9.53 Å². The second-order valence-corrected chi connectivity index (χ2v) is 5.78. The molecule has 2 radical (unpaired) electrons. The zero-order chi connectivity index (χ0) is 13.0. The molecule has 0 saturated heterocycles. The third-order valence-electron chi connectivity index (χ3n) is 2.65. The zero-order valence-corrected chi connectivity index (χ0v) is 11.2. The third kappa shape index (κ3) is 6.28. The molecule has 1 atom stereocenters. The molecule has 0 saturated carbocycles. The second-order valence-electron chi connectivity index (χ2n) is 5.78. The molecular formula is C12H24BNO2. The number of hydrogen-bond donors (Lipinski definition) is 1. The first kappa shape index (κ1) is 15.7. The predicted octanol–water partition coefficient (Wildman–Crippen LogP) is 1.84. The van der Waals surface area contributed by atoms with Crippen molar-refractivity contribution in [3.05, 3.63) is 0 Å². The molecule has 0 aromatic rings. The summed E-state index contributed by atoms with van der Waals surface area (Å²) in [4.78, 5) is 11.1. The van der Waals surface area contributed by atoms with Gasteiger partial charge in [0.1, 0.15) is 5.72 Å². The lowest BCUT2D eigenvalue weighted by molar-refractivity contribution is -0.127. The smallest absolute Gasteiger partial charge is 0.168 e. The molecule has 16 heavy (non-hydrogen) atoms. The van der Waals surface area contributed by atoms with E-state index in [0.717, 1.165) is 12.8 Å². The molecule has 0 rings (SSSR count). The summed E-state index contributed by atoms with van der Waals surface area (Å²) >= 11 is 0. The number of rotatable bonds is 7. The third-order valence-corrected chi connectivity index (χ3v) is 2.65. The molecule has 0 aliphatic heterocycles. The highest BCUT2D eigenvalue weighted by Crippen LogP contribution is 2.21. The molecular weight excluding hydrogens is 201 g/mol. The van der Waals surface area contributed by atoms with Crippen molar-refractivity contribution in [1.82, 2.24) is 0 Å². The van der Waals surface area contributed by atoms with Crippen molar-refractivity contribution in [1.29, 1.82) is 0 Å². The van der Waals surface area contributed by atoms with Crippen LogP contribution in [-0.4, -0.2) is 25.9 Å². The Morgan fingerprint density at radius 2 is 1.88 bits per heavy atom. The van der Waals surface area contributed by atoms with Crippen LogP contribution in [0.3, 0.4) is 0 Å². The van der Waals surface area contributed by atoms with E-state index in [1.54, 1.807) is 13.8 Å². The van der Waals surface area contributed by atoms with Gasteiger partial charge in [-0.3, -0.25) is 0 Å². The molecule has 0 fully saturated rings. The molecule has 4 heteroatoms. The summed E-state index contributed by atoms with van der Waals surface area (Å²) in [5, 5.41) is 0. The summed E-state index contributed by atoms with van der Waals surface area (Å²) in [5.41, 5.74) is 4.28. The second kappa shape index (κ2) is 5.83. The van der Waals surface area contributed by atoms with Gasteiger partial charge in [-0.1, -0.05) is 27.7 Å². The van der Waals surface area contributed by atoms with Gasteiger partial charge in [0, 0.05) is 5.41 Å². The standard InChI is InChI=1S/C12H24BNO2/c1-9(2)6-7-12(5,14)16-8-11(3,4)10(13)15/h9H,6-8,14H2,1-5H3. The Morgan fingerprint density at radius 1 is 1.38 bits per heavy atom. The van der Waals surface area contributed by atoms with Gasteiger partial charge in [0.15, 0.2) is 7.85 Å². The maximum Gasteiger partial charge on any atom is 0.168 e. The largest absolute Gasteiger partial charge is 0.360 e. The van der Waals surface area contributed by atoms with E-state index in [2.05, 4.69) is 13.8 Å². The predicted molar refractivity (Wildman–Crippen MR) is 67.2 cm³/mol. The van der Waals surface area contributed by atoms with Gasteiger partial charge in [-0.25, -0.2) is 0 Å². The van der Waals surface area contributed by atoms with Crippen LogP contribution >= 0.6 is 0 Å². The van der Waals surface area contributed by atoms with Gasteiger partial charge in [0.2, 0.25) is 0 Å². The van der Waals surface area contributed by atoms with Crippen molar-refractivity contribution in [3.8, 4) is 0 Å². The van der Waals surface area contributed by atoms with E-state index in [-0.39, 0.29) is 12.3 Å². The maximum atomic E-state index is 11.1. The number of ether oxygens (including phenoxy) is 1. The normalized spacial score (nSPS) is 16.2. The Kier molecular flexibility index (Phi) is 5.70. The number of nitrogens with two attached hydrogens (primary N) is 1. The average molecular weight is 225 g/mol. The summed E-state index contributed by atoms with van der Waals surface area (Å²) in [5.74, 6) is 0.593. The van der Waals surface area contributed by atoms with Gasteiger partial charge in [-0.15, -0.1) is 0 Å². The maximum absolute atomic E-state index is 11.1. The highest BCUT2D eigenvalue weighted by molar-refractivity contribution is 6.58. The first-order chi connectivity index (χ1) is 7.07. The Morgan fingerprint density at radius 3 is 2.25 bits per heavy atom. The van der Waals surface area contributed by atoms with Crippen molar-refractivity contribution in [2.45, 2.75) is 53.2 Å². The molecule has 0 aliphatic carbocycles. The summed E-state index contributed by atoms with van der Waals surface area (Å²) in [6.45, 7) is 9.90. The first-order valence-electron chi connectivity index (χ1n) is 5.79. The van der Waals surface area contributed by atoms with Crippen LogP contribution in [-0.2, 0) is 9.53 Å². The van der Waals surface area contributed by atoms with E-state index < -0.39 is 11.1 Å². The van der Waals surface area contributed by atoms with E-state index in [1.807, 2.05) is 6.92 Å². The molecule has 92 valence electrons. The van der Waals surface area contributed by atoms with Crippen LogP contribution in [0.4, 0.5) is 0 Å². The summed E-state index contributed by atoms with van der Waals surface area (Å²) < 4.78 is 5.58. The Hall–Kier alpha value is -0.345. The van der Waals surface area contributed by atoms with Crippen LogP contribution in [0.2, 0.25) is 0 Å². The van der Waals surface area contributed by atoms with Gasteiger partial charge in [0.25, 0.3) is 0 Å². The van der Waals surface area contributed by atoms with Gasteiger partial charge < -0.3 is 15.3 Å². The minimum Gasteiger partial charge on any atom is -0.360 e. The van der Waals surface area contributed by atoms with Crippen LogP contribution < -0.4 is 5.73 Å². The topological polar surface area (TPSA) is 52.3 Å². The molecule has 0 aromatic heterocycles. The Labute approximate surface area is 101 Å². The lowest BCUT2D eigenvalue weighted by Gasteiger charge is -2.31. The summed E-state index contributed by atoms with van der Waals surface area (Å²) in [7, 11) is 5.26. The van der Waals surface area contributed by atoms with E-state index >= 15 is 0 Å². The van der Waals surface area contributed by atoms with Gasteiger partial charge in [-0.2, -0.15) is 0 Å². The fourth-order valence-electron chi connectivity index (χ4n) is 1.06. The van der Waals surface area contributed by atoms with E-state index in [9.17, 15) is 4.79 Å². The number of carbonyl (C=O) groups is 1. The quantitative estimate of drug-likeness (QED) is 0.531. The van der Waals surface area contributed by atoms with Crippen molar-refractivity contribution >= 4 is 13.5 Å². The molecule has 3 nitrogen and oxygen atoms in total. The van der Waals surface area contributed by atoms with Crippen molar-refractivity contribution in [2.75, 3.05) is 6.61 Å². The Balaban J connectivity index is 4.12. The van der Waals surface area contributed by atoms with Crippen molar-refractivity contribution in [3.63, 3.8) is 0 Å².